The Hall–Kier alpha value is -1.00. The van der Waals surface area contributed by atoms with E-state index in [9.17, 15) is 4.79 Å². The Morgan fingerprint density at radius 3 is 2.58 bits per heavy atom. The molecule has 0 spiro atoms. The van der Waals surface area contributed by atoms with E-state index in [2.05, 4.69) is 6.92 Å². The van der Waals surface area contributed by atoms with Crippen LogP contribution in [0, 0.1) is 5.92 Å². The van der Waals surface area contributed by atoms with Crippen LogP contribution >= 0.6 is 11.8 Å². The average Bonchev–Trinajstić information content (AvgIpc) is 2.46. The van der Waals surface area contributed by atoms with E-state index < -0.39 is 0 Å². The lowest BCUT2D eigenvalue weighted by Gasteiger charge is -2.34. The molecule has 2 rings (SSSR count). The van der Waals surface area contributed by atoms with Gasteiger partial charge in [0.15, 0.2) is 0 Å². The van der Waals surface area contributed by atoms with E-state index >= 15 is 0 Å². The van der Waals surface area contributed by atoms with E-state index in [4.69, 9.17) is 5.73 Å². The van der Waals surface area contributed by atoms with Crippen molar-refractivity contribution in [2.75, 3.05) is 19.3 Å². The fourth-order valence-electron chi connectivity index (χ4n) is 2.62. The monoisotopic (exact) mass is 278 g/mol. The van der Waals surface area contributed by atoms with Gasteiger partial charge in [-0.3, -0.25) is 4.79 Å². The van der Waals surface area contributed by atoms with Crippen molar-refractivity contribution < 1.29 is 4.79 Å². The molecule has 2 N–H and O–H groups in total. The van der Waals surface area contributed by atoms with Crippen LogP contribution in [-0.4, -0.2) is 36.2 Å². The van der Waals surface area contributed by atoms with Gasteiger partial charge in [0, 0.05) is 24.0 Å². The van der Waals surface area contributed by atoms with Gasteiger partial charge in [-0.25, -0.2) is 0 Å². The Labute approximate surface area is 119 Å². The first-order chi connectivity index (χ1) is 9.13. The molecule has 104 valence electrons. The average molecular weight is 278 g/mol. The molecular weight excluding hydrogens is 256 g/mol. The third-order valence-electron chi connectivity index (χ3n) is 3.91. The number of hydrogen-bond donors (Lipinski definition) is 1. The number of likely N-dealkylation sites (tertiary alicyclic amines) is 1. The molecule has 1 aliphatic heterocycles. The van der Waals surface area contributed by atoms with Gasteiger partial charge >= 0.3 is 0 Å². The van der Waals surface area contributed by atoms with Crippen LogP contribution in [0.4, 0.5) is 0 Å². The van der Waals surface area contributed by atoms with Crippen LogP contribution < -0.4 is 5.73 Å². The van der Waals surface area contributed by atoms with Crippen molar-refractivity contribution in [3.8, 4) is 0 Å². The predicted octanol–water partition coefficient (Wildman–Crippen LogP) is 2.61. The largest absolute Gasteiger partial charge is 0.339 e. The smallest absolute Gasteiger partial charge is 0.254 e. The topological polar surface area (TPSA) is 46.3 Å². The van der Waals surface area contributed by atoms with Crippen molar-refractivity contribution in [1.29, 1.82) is 0 Å². The van der Waals surface area contributed by atoms with E-state index in [0.29, 0.717) is 5.92 Å². The fourth-order valence-corrected chi connectivity index (χ4v) is 3.21. The summed E-state index contributed by atoms with van der Waals surface area (Å²) in [5.41, 5.74) is 6.77. The maximum absolute atomic E-state index is 12.5. The minimum absolute atomic E-state index is 0.160. The summed E-state index contributed by atoms with van der Waals surface area (Å²) in [4.78, 5) is 15.6. The lowest BCUT2D eigenvalue weighted by molar-refractivity contribution is 0.0677. The highest BCUT2D eigenvalue weighted by molar-refractivity contribution is 7.98. The number of amides is 1. The van der Waals surface area contributed by atoms with Gasteiger partial charge < -0.3 is 10.6 Å². The van der Waals surface area contributed by atoms with Crippen molar-refractivity contribution in [3.63, 3.8) is 0 Å². The van der Waals surface area contributed by atoms with Crippen LogP contribution in [-0.2, 0) is 0 Å². The van der Waals surface area contributed by atoms with Crippen molar-refractivity contribution >= 4 is 17.7 Å². The van der Waals surface area contributed by atoms with Gasteiger partial charge in [-0.05, 0) is 44.1 Å². The summed E-state index contributed by atoms with van der Waals surface area (Å²) in [6, 6.07) is 8.07. The Morgan fingerprint density at radius 1 is 1.37 bits per heavy atom. The van der Waals surface area contributed by atoms with Crippen LogP contribution in [0.2, 0.25) is 0 Å². The van der Waals surface area contributed by atoms with Crippen LogP contribution in [0.25, 0.3) is 0 Å². The first kappa shape index (κ1) is 14.4. The molecule has 0 radical (unpaired) electrons. The zero-order chi connectivity index (χ0) is 13.8. The van der Waals surface area contributed by atoms with Crippen LogP contribution in [0.1, 0.15) is 30.1 Å². The summed E-state index contributed by atoms with van der Waals surface area (Å²) in [6.07, 6.45) is 4.05. The van der Waals surface area contributed by atoms with Gasteiger partial charge in [-0.2, -0.15) is 0 Å². The van der Waals surface area contributed by atoms with Crippen molar-refractivity contribution in [3.05, 3.63) is 29.8 Å². The molecule has 0 saturated carbocycles. The van der Waals surface area contributed by atoms with E-state index in [1.54, 1.807) is 11.8 Å². The second-order valence-corrected chi connectivity index (χ2v) is 6.04. The predicted molar refractivity (Wildman–Crippen MR) is 80.5 cm³/mol. The summed E-state index contributed by atoms with van der Waals surface area (Å²) >= 11 is 1.63. The molecule has 1 atom stereocenters. The molecular formula is C15H22N2OS. The molecule has 1 aromatic rings. The van der Waals surface area contributed by atoms with Crippen LogP contribution in [0.3, 0.4) is 0 Å². The number of benzene rings is 1. The summed E-state index contributed by atoms with van der Waals surface area (Å²) < 4.78 is 0. The highest BCUT2D eigenvalue weighted by atomic mass is 32.2. The minimum Gasteiger partial charge on any atom is -0.339 e. The standard InChI is InChI=1S/C15H22N2OS/c1-11(16)12-7-9-17(10-8-12)15(18)13-5-3-4-6-14(13)19-2/h3-6,11-12H,7-10,16H2,1-2H3. The van der Waals surface area contributed by atoms with Crippen LogP contribution in [0.15, 0.2) is 29.2 Å². The molecule has 1 amide bonds. The first-order valence-corrected chi connectivity index (χ1v) is 8.04. The van der Waals surface area contributed by atoms with E-state index in [0.717, 1.165) is 36.4 Å². The number of carbonyl (C=O) groups is 1. The summed E-state index contributed by atoms with van der Waals surface area (Å²) in [6.45, 7) is 3.71. The molecule has 0 aromatic heterocycles. The number of carbonyl (C=O) groups excluding carboxylic acids is 1. The number of piperidine rings is 1. The summed E-state index contributed by atoms with van der Waals surface area (Å²) in [5, 5.41) is 0. The molecule has 0 bridgehead atoms. The highest BCUT2D eigenvalue weighted by Gasteiger charge is 2.26. The van der Waals surface area contributed by atoms with Gasteiger partial charge in [-0.15, -0.1) is 11.8 Å². The molecule has 1 fully saturated rings. The van der Waals surface area contributed by atoms with Gasteiger partial charge in [0.2, 0.25) is 0 Å². The SMILES string of the molecule is CSc1ccccc1C(=O)N1CCC(C(C)N)CC1. The number of nitrogens with two attached hydrogens (primary N) is 1. The second kappa shape index (κ2) is 6.44. The van der Waals surface area contributed by atoms with E-state index in [-0.39, 0.29) is 11.9 Å². The maximum Gasteiger partial charge on any atom is 0.254 e. The normalized spacial score (nSPS) is 18.4. The molecule has 4 heteroatoms. The molecule has 19 heavy (non-hydrogen) atoms. The summed E-state index contributed by atoms with van der Waals surface area (Å²) in [5.74, 6) is 0.716. The first-order valence-electron chi connectivity index (χ1n) is 6.81. The van der Waals surface area contributed by atoms with Gasteiger partial charge in [0.1, 0.15) is 0 Å². The Morgan fingerprint density at radius 2 is 2.00 bits per heavy atom. The van der Waals surface area contributed by atoms with Crippen molar-refractivity contribution in [2.45, 2.75) is 30.7 Å². The zero-order valence-corrected chi connectivity index (χ0v) is 12.5. The molecule has 1 aliphatic rings. The van der Waals surface area contributed by atoms with Gasteiger partial charge in [0.25, 0.3) is 5.91 Å². The minimum atomic E-state index is 0.160. The van der Waals surface area contributed by atoms with Crippen molar-refractivity contribution in [2.24, 2.45) is 11.7 Å². The third-order valence-corrected chi connectivity index (χ3v) is 4.70. The fraction of sp³-hybridized carbons (Fsp3) is 0.533. The number of thioether (sulfide) groups is 1. The van der Waals surface area contributed by atoms with Gasteiger partial charge in [0.05, 0.1) is 5.56 Å². The number of hydrogen-bond acceptors (Lipinski definition) is 3. The zero-order valence-electron chi connectivity index (χ0n) is 11.6. The maximum atomic E-state index is 12.5. The molecule has 1 aromatic carbocycles. The van der Waals surface area contributed by atoms with E-state index in [1.165, 1.54) is 0 Å². The van der Waals surface area contributed by atoms with Crippen molar-refractivity contribution in [1.82, 2.24) is 4.90 Å². The summed E-state index contributed by atoms with van der Waals surface area (Å²) in [7, 11) is 0. The number of rotatable bonds is 3. The molecule has 1 heterocycles. The molecule has 1 saturated heterocycles. The Balaban J connectivity index is 2.05. The molecule has 3 nitrogen and oxygen atoms in total. The lowest BCUT2D eigenvalue weighted by atomic mass is 9.90. The lowest BCUT2D eigenvalue weighted by Crippen LogP contribution is -2.42. The van der Waals surface area contributed by atoms with Gasteiger partial charge in [-0.1, -0.05) is 12.1 Å². The van der Waals surface area contributed by atoms with E-state index in [1.807, 2.05) is 35.4 Å². The highest BCUT2D eigenvalue weighted by Crippen LogP contribution is 2.25. The molecule has 0 aliphatic carbocycles. The van der Waals surface area contributed by atoms with Crippen LogP contribution in [0.5, 0.6) is 0 Å². The Kier molecular flexibility index (Phi) is 4.88. The third kappa shape index (κ3) is 3.31. The molecule has 1 unspecified atom stereocenters. The second-order valence-electron chi connectivity index (χ2n) is 5.19. The number of nitrogens with zero attached hydrogens (tertiary/aromatic N) is 1. The Bertz CT molecular complexity index is 440. The quantitative estimate of drug-likeness (QED) is 0.865.